The van der Waals surface area contributed by atoms with E-state index in [4.69, 9.17) is 5.73 Å². The molecule has 2 aromatic rings. The van der Waals surface area contributed by atoms with Crippen LogP contribution in [0.5, 0.6) is 0 Å². The SMILES string of the molecule is Cn1nc2ccccc2c1[C@@H](O)CCN. The Kier molecular flexibility index (Phi) is 2.70. The highest BCUT2D eigenvalue weighted by Crippen LogP contribution is 2.24. The molecule has 1 atom stereocenters. The molecule has 0 aliphatic carbocycles. The number of aliphatic hydroxyl groups excluding tert-OH is 1. The molecule has 0 saturated carbocycles. The summed E-state index contributed by atoms with van der Waals surface area (Å²) in [5.41, 5.74) is 7.19. The Balaban J connectivity index is 2.53. The van der Waals surface area contributed by atoms with Crippen LogP contribution in [0.4, 0.5) is 0 Å². The van der Waals surface area contributed by atoms with Gasteiger partial charge in [0.15, 0.2) is 0 Å². The summed E-state index contributed by atoms with van der Waals surface area (Å²) >= 11 is 0. The first kappa shape index (κ1) is 10.1. The van der Waals surface area contributed by atoms with Crippen molar-refractivity contribution in [2.75, 3.05) is 6.54 Å². The molecule has 15 heavy (non-hydrogen) atoms. The predicted molar refractivity (Wildman–Crippen MR) is 59.3 cm³/mol. The number of hydrogen-bond acceptors (Lipinski definition) is 3. The van der Waals surface area contributed by atoms with Gasteiger partial charge in [0, 0.05) is 12.4 Å². The van der Waals surface area contributed by atoms with Crippen LogP contribution in [0.3, 0.4) is 0 Å². The van der Waals surface area contributed by atoms with E-state index in [1.165, 1.54) is 0 Å². The van der Waals surface area contributed by atoms with Crippen molar-refractivity contribution in [1.29, 1.82) is 0 Å². The van der Waals surface area contributed by atoms with Crippen LogP contribution < -0.4 is 5.73 Å². The van der Waals surface area contributed by atoms with Crippen molar-refractivity contribution in [3.8, 4) is 0 Å². The van der Waals surface area contributed by atoms with Gasteiger partial charge >= 0.3 is 0 Å². The summed E-state index contributed by atoms with van der Waals surface area (Å²) in [5, 5.41) is 15.3. The molecule has 4 nitrogen and oxygen atoms in total. The maximum atomic E-state index is 9.95. The van der Waals surface area contributed by atoms with Crippen molar-refractivity contribution in [2.24, 2.45) is 12.8 Å². The second-order valence-corrected chi connectivity index (χ2v) is 3.62. The normalized spacial score (nSPS) is 13.3. The molecule has 0 aliphatic rings. The molecule has 4 heteroatoms. The minimum atomic E-state index is -0.535. The summed E-state index contributed by atoms with van der Waals surface area (Å²) in [6.45, 7) is 0.473. The number of benzene rings is 1. The Labute approximate surface area is 88.3 Å². The number of aromatic nitrogens is 2. The highest BCUT2D eigenvalue weighted by atomic mass is 16.3. The van der Waals surface area contributed by atoms with Crippen LogP contribution in [-0.2, 0) is 7.05 Å². The van der Waals surface area contributed by atoms with E-state index in [0.717, 1.165) is 16.6 Å². The van der Waals surface area contributed by atoms with Crippen LogP contribution >= 0.6 is 0 Å². The Bertz CT molecular complexity index is 464. The Hall–Kier alpha value is -1.39. The largest absolute Gasteiger partial charge is 0.387 e. The number of nitrogens with zero attached hydrogens (tertiary/aromatic N) is 2. The van der Waals surface area contributed by atoms with Crippen LogP contribution in [0, 0.1) is 0 Å². The molecule has 3 N–H and O–H groups in total. The van der Waals surface area contributed by atoms with E-state index in [1.54, 1.807) is 4.68 Å². The second kappa shape index (κ2) is 4.00. The molecule has 0 aliphatic heterocycles. The number of aryl methyl sites for hydroxylation is 1. The van der Waals surface area contributed by atoms with Crippen LogP contribution in [0.15, 0.2) is 24.3 Å². The Morgan fingerprint density at radius 3 is 2.93 bits per heavy atom. The molecular weight excluding hydrogens is 190 g/mol. The van der Waals surface area contributed by atoms with Crippen molar-refractivity contribution in [3.63, 3.8) is 0 Å². The van der Waals surface area contributed by atoms with Gasteiger partial charge in [-0.2, -0.15) is 5.10 Å². The van der Waals surface area contributed by atoms with E-state index in [0.29, 0.717) is 13.0 Å². The van der Waals surface area contributed by atoms with E-state index < -0.39 is 6.10 Å². The highest BCUT2D eigenvalue weighted by Gasteiger charge is 2.15. The highest BCUT2D eigenvalue weighted by molar-refractivity contribution is 5.81. The standard InChI is InChI=1S/C11H15N3O/c1-14-11(10(15)6-7-12)8-4-2-3-5-9(8)13-14/h2-5,10,15H,6-7,12H2,1H3/t10-/m0/s1. The van der Waals surface area contributed by atoms with Crippen molar-refractivity contribution >= 4 is 10.9 Å². The maximum Gasteiger partial charge on any atom is 0.0974 e. The number of hydrogen-bond donors (Lipinski definition) is 2. The minimum absolute atomic E-state index is 0.473. The fourth-order valence-corrected chi connectivity index (χ4v) is 1.86. The monoisotopic (exact) mass is 205 g/mol. The zero-order valence-corrected chi connectivity index (χ0v) is 8.72. The van der Waals surface area contributed by atoms with Gasteiger partial charge in [0.1, 0.15) is 0 Å². The Morgan fingerprint density at radius 1 is 1.47 bits per heavy atom. The molecular formula is C11H15N3O. The van der Waals surface area contributed by atoms with Gasteiger partial charge in [0.25, 0.3) is 0 Å². The van der Waals surface area contributed by atoms with Gasteiger partial charge < -0.3 is 10.8 Å². The predicted octanol–water partition coefficient (Wildman–Crippen LogP) is 0.955. The number of fused-ring (bicyclic) bond motifs is 1. The molecule has 0 unspecified atom stereocenters. The molecule has 0 radical (unpaired) electrons. The van der Waals surface area contributed by atoms with Gasteiger partial charge in [0.05, 0.1) is 17.3 Å². The lowest BCUT2D eigenvalue weighted by atomic mass is 10.1. The van der Waals surface area contributed by atoms with Crippen LogP contribution in [0.1, 0.15) is 18.2 Å². The van der Waals surface area contributed by atoms with Gasteiger partial charge in [-0.15, -0.1) is 0 Å². The molecule has 0 spiro atoms. The minimum Gasteiger partial charge on any atom is -0.387 e. The zero-order valence-electron chi connectivity index (χ0n) is 8.72. The summed E-state index contributed by atoms with van der Waals surface area (Å²) in [6, 6.07) is 7.79. The summed E-state index contributed by atoms with van der Waals surface area (Å²) in [7, 11) is 1.84. The number of aliphatic hydroxyl groups is 1. The third-order valence-electron chi connectivity index (χ3n) is 2.54. The smallest absolute Gasteiger partial charge is 0.0974 e. The third kappa shape index (κ3) is 1.73. The third-order valence-corrected chi connectivity index (χ3v) is 2.54. The second-order valence-electron chi connectivity index (χ2n) is 3.62. The zero-order chi connectivity index (χ0) is 10.8. The summed E-state index contributed by atoms with van der Waals surface area (Å²) in [6.07, 6.45) is 0.0242. The van der Waals surface area contributed by atoms with Crippen LogP contribution in [0.2, 0.25) is 0 Å². The fraction of sp³-hybridized carbons (Fsp3) is 0.364. The number of nitrogens with two attached hydrogens (primary N) is 1. The molecule has 0 bridgehead atoms. The van der Waals surface area contributed by atoms with Crippen molar-refractivity contribution in [1.82, 2.24) is 9.78 Å². The Morgan fingerprint density at radius 2 is 2.20 bits per heavy atom. The number of rotatable bonds is 3. The van der Waals surface area contributed by atoms with E-state index in [1.807, 2.05) is 31.3 Å². The van der Waals surface area contributed by atoms with Crippen LogP contribution in [0.25, 0.3) is 10.9 Å². The van der Waals surface area contributed by atoms with E-state index >= 15 is 0 Å². The molecule has 80 valence electrons. The first-order chi connectivity index (χ1) is 7.24. The lowest BCUT2D eigenvalue weighted by molar-refractivity contribution is 0.162. The van der Waals surface area contributed by atoms with Crippen molar-refractivity contribution < 1.29 is 5.11 Å². The van der Waals surface area contributed by atoms with Crippen LogP contribution in [-0.4, -0.2) is 21.4 Å². The summed E-state index contributed by atoms with van der Waals surface area (Å²) < 4.78 is 1.73. The molecule has 1 heterocycles. The van der Waals surface area contributed by atoms with Crippen molar-refractivity contribution in [3.05, 3.63) is 30.0 Å². The molecule has 2 rings (SSSR count). The van der Waals surface area contributed by atoms with Crippen molar-refractivity contribution in [2.45, 2.75) is 12.5 Å². The average Bonchev–Trinajstić information content (AvgIpc) is 2.54. The maximum absolute atomic E-state index is 9.95. The van der Waals surface area contributed by atoms with Gasteiger partial charge in [0.2, 0.25) is 0 Å². The van der Waals surface area contributed by atoms with E-state index in [-0.39, 0.29) is 0 Å². The first-order valence-corrected chi connectivity index (χ1v) is 5.04. The lowest BCUT2D eigenvalue weighted by Crippen LogP contribution is -2.10. The molecule has 0 fully saturated rings. The lowest BCUT2D eigenvalue weighted by Gasteiger charge is -2.09. The molecule has 1 aromatic heterocycles. The molecule has 0 amide bonds. The summed E-state index contributed by atoms with van der Waals surface area (Å²) in [5.74, 6) is 0. The first-order valence-electron chi connectivity index (χ1n) is 5.04. The van der Waals surface area contributed by atoms with E-state index in [9.17, 15) is 5.11 Å². The van der Waals surface area contributed by atoms with Gasteiger partial charge in [-0.1, -0.05) is 18.2 Å². The summed E-state index contributed by atoms with van der Waals surface area (Å²) in [4.78, 5) is 0. The van der Waals surface area contributed by atoms with E-state index in [2.05, 4.69) is 5.10 Å². The van der Waals surface area contributed by atoms with Gasteiger partial charge in [-0.3, -0.25) is 4.68 Å². The quantitative estimate of drug-likeness (QED) is 0.784. The fourth-order valence-electron chi connectivity index (χ4n) is 1.86. The topological polar surface area (TPSA) is 64.1 Å². The molecule has 1 aromatic carbocycles. The van der Waals surface area contributed by atoms with Gasteiger partial charge in [-0.05, 0) is 19.0 Å². The average molecular weight is 205 g/mol. The van der Waals surface area contributed by atoms with Gasteiger partial charge in [-0.25, -0.2) is 0 Å². The molecule has 0 saturated heterocycles.